The van der Waals surface area contributed by atoms with Crippen molar-refractivity contribution in [3.8, 4) is 11.5 Å². The number of nitrogens with one attached hydrogen (secondary N) is 1. The van der Waals surface area contributed by atoms with Crippen LogP contribution >= 0.6 is 11.6 Å². The van der Waals surface area contributed by atoms with E-state index in [2.05, 4.69) is 20.2 Å². The lowest BCUT2D eigenvalue weighted by Crippen LogP contribution is -2.25. The van der Waals surface area contributed by atoms with Gasteiger partial charge in [0.1, 0.15) is 18.0 Å². The van der Waals surface area contributed by atoms with Crippen LogP contribution < -0.4 is 14.8 Å². The fourth-order valence-electron chi connectivity index (χ4n) is 4.58. The number of nitrogens with zero attached hydrogens (tertiary/aromatic N) is 3. The summed E-state index contributed by atoms with van der Waals surface area (Å²) in [6.45, 7) is 5.61. The highest BCUT2D eigenvalue weighted by atomic mass is 35.5. The second-order valence-corrected chi connectivity index (χ2v) is 8.92. The van der Waals surface area contributed by atoms with Crippen LogP contribution in [0, 0.1) is 17.7 Å². The number of methoxy groups -OCH3 is 1. The van der Waals surface area contributed by atoms with Crippen LogP contribution in [0.5, 0.6) is 11.5 Å². The van der Waals surface area contributed by atoms with Crippen molar-refractivity contribution < 1.29 is 18.6 Å². The molecule has 0 aliphatic carbocycles. The van der Waals surface area contributed by atoms with Crippen LogP contribution in [0.2, 0.25) is 5.02 Å². The quantitative estimate of drug-likeness (QED) is 0.483. The van der Waals surface area contributed by atoms with Gasteiger partial charge < -0.3 is 24.4 Å². The molecule has 2 saturated heterocycles. The average Bonchev–Trinajstić information content (AvgIpc) is 3.41. The average molecular weight is 473 g/mol. The normalized spacial score (nSPS) is 20.2. The van der Waals surface area contributed by atoms with Gasteiger partial charge in [-0.2, -0.15) is 0 Å². The molecule has 174 valence electrons. The zero-order chi connectivity index (χ0) is 22.8. The van der Waals surface area contributed by atoms with E-state index >= 15 is 0 Å². The third-order valence-corrected chi connectivity index (χ3v) is 6.58. The first-order valence-electron chi connectivity index (χ1n) is 11.1. The SMILES string of the molecule is COc1cc2ncnc(Nc3ccc(F)c(Cl)c3)c2cc1OCCCN1CC2COCC2C1. The maximum atomic E-state index is 13.5. The van der Waals surface area contributed by atoms with Gasteiger partial charge in [-0.1, -0.05) is 11.6 Å². The number of benzene rings is 2. The number of rotatable bonds is 8. The van der Waals surface area contributed by atoms with Gasteiger partial charge in [-0.15, -0.1) is 0 Å². The number of aromatic nitrogens is 2. The van der Waals surface area contributed by atoms with E-state index in [0.29, 0.717) is 47.0 Å². The molecule has 33 heavy (non-hydrogen) atoms. The molecule has 9 heteroatoms. The summed E-state index contributed by atoms with van der Waals surface area (Å²) >= 11 is 5.91. The molecule has 2 fully saturated rings. The fraction of sp³-hybridized carbons (Fsp3) is 0.417. The van der Waals surface area contributed by atoms with E-state index in [-0.39, 0.29) is 5.02 Å². The molecule has 1 N–H and O–H groups in total. The Morgan fingerprint density at radius 2 is 1.97 bits per heavy atom. The van der Waals surface area contributed by atoms with Gasteiger partial charge in [-0.25, -0.2) is 14.4 Å². The van der Waals surface area contributed by atoms with Gasteiger partial charge >= 0.3 is 0 Å². The minimum atomic E-state index is -0.472. The fourth-order valence-corrected chi connectivity index (χ4v) is 4.76. The molecule has 0 saturated carbocycles. The van der Waals surface area contributed by atoms with E-state index < -0.39 is 5.82 Å². The topological polar surface area (TPSA) is 68.7 Å². The highest BCUT2D eigenvalue weighted by molar-refractivity contribution is 6.31. The van der Waals surface area contributed by atoms with E-state index in [9.17, 15) is 4.39 Å². The van der Waals surface area contributed by atoms with Gasteiger partial charge in [0.25, 0.3) is 0 Å². The second kappa shape index (κ2) is 9.67. The minimum Gasteiger partial charge on any atom is -0.493 e. The van der Waals surface area contributed by atoms with Crippen molar-refractivity contribution in [2.75, 3.05) is 51.9 Å². The summed E-state index contributed by atoms with van der Waals surface area (Å²) in [6.07, 6.45) is 2.39. The molecule has 0 bridgehead atoms. The van der Waals surface area contributed by atoms with E-state index in [0.717, 1.165) is 44.7 Å². The molecular formula is C24H26ClFN4O3. The van der Waals surface area contributed by atoms with Crippen molar-refractivity contribution in [3.05, 3.63) is 47.5 Å². The van der Waals surface area contributed by atoms with E-state index in [1.165, 1.54) is 18.5 Å². The van der Waals surface area contributed by atoms with Gasteiger partial charge in [0, 0.05) is 48.6 Å². The summed E-state index contributed by atoms with van der Waals surface area (Å²) < 4.78 is 30.7. The Balaban J connectivity index is 1.28. The summed E-state index contributed by atoms with van der Waals surface area (Å²) in [4.78, 5) is 11.2. The number of fused-ring (bicyclic) bond motifs is 2. The first kappa shape index (κ1) is 22.1. The van der Waals surface area contributed by atoms with Crippen LogP contribution in [0.3, 0.4) is 0 Å². The molecule has 0 amide bonds. The van der Waals surface area contributed by atoms with E-state index in [1.54, 1.807) is 13.2 Å². The van der Waals surface area contributed by atoms with Crippen LogP contribution in [0.1, 0.15) is 6.42 Å². The lowest BCUT2D eigenvalue weighted by atomic mass is 10.0. The molecule has 3 aromatic rings. The standard InChI is InChI=1S/C24H26ClFN4O3/c1-31-22-9-21-18(24(28-14-27-21)29-17-3-4-20(26)19(25)7-17)8-23(22)33-6-2-5-30-10-15-12-32-13-16(15)11-30/h3-4,7-9,14-16H,2,5-6,10-13H2,1H3,(H,27,28,29). The Labute approximate surface area is 196 Å². The lowest BCUT2D eigenvalue weighted by Gasteiger charge is -2.17. The van der Waals surface area contributed by atoms with Crippen molar-refractivity contribution in [3.63, 3.8) is 0 Å². The Kier molecular flexibility index (Phi) is 6.48. The van der Waals surface area contributed by atoms with E-state index in [1.807, 2.05) is 12.1 Å². The second-order valence-electron chi connectivity index (χ2n) is 8.52. The Morgan fingerprint density at radius 1 is 1.15 bits per heavy atom. The lowest BCUT2D eigenvalue weighted by molar-refractivity contribution is 0.152. The molecule has 2 aliphatic rings. The third-order valence-electron chi connectivity index (χ3n) is 6.30. The van der Waals surface area contributed by atoms with Crippen LogP contribution in [0.15, 0.2) is 36.7 Å². The first-order valence-corrected chi connectivity index (χ1v) is 11.5. The Hall–Kier alpha value is -2.68. The molecule has 2 atom stereocenters. The Bertz CT molecular complexity index is 1140. The minimum absolute atomic E-state index is 0.0400. The number of halogens is 2. The van der Waals surface area contributed by atoms with Crippen molar-refractivity contribution in [1.82, 2.24) is 14.9 Å². The largest absolute Gasteiger partial charge is 0.493 e. The predicted octanol–water partition coefficient (Wildman–Crippen LogP) is 4.52. The zero-order valence-electron chi connectivity index (χ0n) is 18.4. The molecule has 0 radical (unpaired) electrons. The van der Waals surface area contributed by atoms with Crippen molar-refractivity contribution in [1.29, 1.82) is 0 Å². The van der Waals surface area contributed by atoms with Gasteiger partial charge in [-0.3, -0.25) is 0 Å². The molecular weight excluding hydrogens is 447 g/mol. The van der Waals surface area contributed by atoms with Crippen LogP contribution in [0.25, 0.3) is 10.9 Å². The third kappa shape index (κ3) is 4.83. The summed E-state index contributed by atoms with van der Waals surface area (Å²) in [6, 6.07) is 8.14. The summed E-state index contributed by atoms with van der Waals surface area (Å²) in [5.74, 6) is 2.72. The number of hydrogen-bond donors (Lipinski definition) is 1. The Morgan fingerprint density at radius 3 is 2.73 bits per heavy atom. The number of likely N-dealkylation sites (tertiary alicyclic amines) is 1. The number of hydrogen-bond acceptors (Lipinski definition) is 7. The number of anilines is 2. The van der Waals surface area contributed by atoms with Crippen molar-refractivity contribution in [2.45, 2.75) is 6.42 Å². The molecule has 2 unspecified atom stereocenters. The molecule has 0 spiro atoms. The van der Waals surface area contributed by atoms with Gasteiger partial charge in [0.15, 0.2) is 11.5 Å². The first-order chi connectivity index (χ1) is 16.1. The monoisotopic (exact) mass is 472 g/mol. The van der Waals surface area contributed by atoms with Gasteiger partial charge in [0.2, 0.25) is 0 Å². The summed E-state index contributed by atoms with van der Waals surface area (Å²) in [5.41, 5.74) is 1.33. The van der Waals surface area contributed by atoms with Gasteiger partial charge in [0.05, 0.1) is 37.5 Å². The van der Waals surface area contributed by atoms with Crippen molar-refractivity contribution >= 4 is 34.0 Å². The maximum absolute atomic E-state index is 13.5. The highest BCUT2D eigenvalue weighted by Gasteiger charge is 2.36. The molecule has 2 aliphatic heterocycles. The number of ether oxygens (including phenoxy) is 3. The maximum Gasteiger partial charge on any atom is 0.162 e. The van der Waals surface area contributed by atoms with Crippen molar-refractivity contribution in [2.24, 2.45) is 11.8 Å². The van der Waals surface area contributed by atoms with Gasteiger partial charge in [-0.05, 0) is 30.7 Å². The van der Waals surface area contributed by atoms with Crippen LogP contribution in [-0.2, 0) is 4.74 Å². The van der Waals surface area contributed by atoms with Crippen LogP contribution in [0.4, 0.5) is 15.9 Å². The summed E-state index contributed by atoms with van der Waals surface area (Å²) in [5, 5.41) is 3.99. The summed E-state index contributed by atoms with van der Waals surface area (Å²) in [7, 11) is 1.61. The molecule has 5 rings (SSSR count). The molecule has 1 aromatic heterocycles. The highest BCUT2D eigenvalue weighted by Crippen LogP contribution is 2.35. The molecule has 3 heterocycles. The van der Waals surface area contributed by atoms with Crippen LogP contribution in [-0.4, -0.2) is 61.4 Å². The molecule has 2 aromatic carbocycles. The smallest absolute Gasteiger partial charge is 0.162 e. The van der Waals surface area contributed by atoms with E-state index in [4.69, 9.17) is 25.8 Å². The molecule has 7 nitrogen and oxygen atoms in total. The zero-order valence-corrected chi connectivity index (χ0v) is 19.1. The predicted molar refractivity (Wildman–Crippen MR) is 125 cm³/mol.